The van der Waals surface area contributed by atoms with Gasteiger partial charge in [0.2, 0.25) is 5.89 Å². The van der Waals surface area contributed by atoms with Crippen molar-refractivity contribution in [2.45, 2.75) is 31.8 Å². The average molecular weight is 182 g/mol. The van der Waals surface area contributed by atoms with Crippen molar-refractivity contribution in [2.75, 3.05) is 6.54 Å². The predicted molar refractivity (Wildman–Crippen MR) is 46.9 cm³/mol. The van der Waals surface area contributed by atoms with Gasteiger partial charge in [0, 0.05) is 0 Å². The number of nitrogens with zero attached hydrogens (tertiary/aromatic N) is 2. The van der Waals surface area contributed by atoms with E-state index >= 15 is 0 Å². The van der Waals surface area contributed by atoms with Gasteiger partial charge in [-0.3, -0.25) is 0 Å². The molecular formula is C8H14N4O. The van der Waals surface area contributed by atoms with Gasteiger partial charge < -0.3 is 15.6 Å². The molecule has 2 heterocycles. The second-order valence-electron chi connectivity index (χ2n) is 3.43. The summed E-state index contributed by atoms with van der Waals surface area (Å²) in [4.78, 5) is 4.23. The summed E-state index contributed by atoms with van der Waals surface area (Å²) < 4.78 is 5.11. The van der Waals surface area contributed by atoms with Gasteiger partial charge in [-0.05, 0) is 26.3 Å². The number of hydrogen-bond donors (Lipinski definition) is 2. The molecule has 0 spiro atoms. The van der Waals surface area contributed by atoms with Gasteiger partial charge in [0.05, 0.1) is 12.1 Å². The van der Waals surface area contributed by atoms with Gasteiger partial charge in [0.15, 0.2) is 5.82 Å². The minimum Gasteiger partial charge on any atom is -0.338 e. The Morgan fingerprint density at radius 3 is 3.08 bits per heavy atom. The molecule has 1 fully saturated rings. The van der Waals surface area contributed by atoms with Gasteiger partial charge in [0.25, 0.3) is 0 Å². The molecule has 2 rings (SSSR count). The van der Waals surface area contributed by atoms with E-state index in [1.165, 1.54) is 6.42 Å². The van der Waals surface area contributed by atoms with Crippen LogP contribution in [0.15, 0.2) is 4.52 Å². The number of nitrogens with one attached hydrogen (secondary N) is 1. The topological polar surface area (TPSA) is 77.0 Å². The van der Waals surface area contributed by atoms with Crippen LogP contribution in [0.25, 0.3) is 0 Å². The second kappa shape index (κ2) is 3.43. The Morgan fingerprint density at radius 2 is 2.54 bits per heavy atom. The van der Waals surface area contributed by atoms with Crippen LogP contribution < -0.4 is 11.1 Å². The first kappa shape index (κ1) is 8.65. The van der Waals surface area contributed by atoms with Crippen molar-refractivity contribution in [3.05, 3.63) is 11.7 Å². The van der Waals surface area contributed by atoms with Crippen LogP contribution in [0.4, 0.5) is 0 Å². The van der Waals surface area contributed by atoms with Crippen LogP contribution in [-0.4, -0.2) is 16.7 Å². The maximum absolute atomic E-state index is 5.62. The molecule has 5 heteroatoms. The van der Waals surface area contributed by atoms with Crippen LogP contribution in [0, 0.1) is 0 Å². The summed E-state index contributed by atoms with van der Waals surface area (Å²) in [5, 5.41) is 7.10. The molecular weight excluding hydrogens is 168 g/mol. The Hall–Kier alpha value is -0.940. The molecule has 2 atom stereocenters. The van der Waals surface area contributed by atoms with Gasteiger partial charge >= 0.3 is 0 Å². The fourth-order valence-corrected chi connectivity index (χ4v) is 1.47. The zero-order valence-electron chi connectivity index (χ0n) is 7.66. The van der Waals surface area contributed by atoms with Crippen molar-refractivity contribution in [3.8, 4) is 0 Å². The average Bonchev–Trinajstić information content (AvgIpc) is 2.75. The molecule has 0 saturated carbocycles. The summed E-state index contributed by atoms with van der Waals surface area (Å²) in [6.45, 7) is 2.87. The molecule has 13 heavy (non-hydrogen) atoms. The maximum atomic E-state index is 5.62. The van der Waals surface area contributed by atoms with Crippen LogP contribution in [-0.2, 0) is 0 Å². The third-order valence-corrected chi connectivity index (χ3v) is 2.22. The van der Waals surface area contributed by atoms with Gasteiger partial charge in [0.1, 0.15) is 0 Å². The van der Waals surface area contributed by atoms with Crippen molar-refractivity contribution in [1.29, 1.82) is 0 Å². The van der Waals surface area contributed by atoms with E-state index in [0.29, 0.717) is 11.7 Å². The van der Waals surface area contributed by atoms with Crippen molar-refractivity contribution in [2.24, 2.45) is 5.73 Å². The van der Waals surface area contributed by atoms with E-state index in [2.05, 4.69) is 15.5 Å². The molecule has 0 radical (unpaired) electrons. The summed E-state index contributed by atoms with van der Waals surface area (Å²) in [6.07, 6.45) is 2.24. The molecule has 0 aliphatic carbocycles. The van der Waals surface area contributed by atoms with Crippen molar-refractivity contribution in [1.82, 2.24) is 15.5 Å². The van der Waals surface area contributed by atoms with E-state index < -0.39 is 0 Å². The lowest BCUT2D eigenvalue weighted by atomic mass is 10.2. The van der Waals surface area contributed by atoms with E-state index in [1.807, 2.05) is 6.92 Å². The number of aromatic nitrogens is 2. The Kier molecular flexibility index (Phi) is 2.28. The van der Waals surface area contributed by atoms with Crippen LogP contribution in [0.5, 0.6) is 0 Å². The summed E-state index contributed by atoms with van der Waals surface area (Å²) in [6, 6.07) is 0.0823. The highest BCUT2D eigenvalue weighted by Crippen LogP contribution is 2.21. The highest BCUT2D eigenvalue weighted by molar-refractivity contribution is 4.97. The van der Waals surface area contributed by atoms with E-state index in [0.717, 1.165) is 13.0 Å². The molecule has 1 aliphatic rings. The zero-order valence-corrected chi connectivity index (χ0v) is 7.66. The Bertz CT molecular complexity index is 277. The molecule has 2 unspecified atom stereocenters. The molecule has 1 aliphatic heterocycles. The van der Waals surface area contributed by atoms with E-state index in [-0.39, 0.29) is 12.1 Å². The van der Waals surface area contributed by atoms with E-state index in [4.69, 9.17) is 10.3 Å². The number of nitrogens with two attached hydrogens (primary N) is 1. The molecule has 1 aromatic heterocycles. The lowest BCUT2D eigenvalue weighted by Crippen LogP contribution is -2.13. The Labute approximate surface area is 76.7 Å². The molecule has 3 N–H and O–H groups in total. The van der Waals surface area contributed by atoms with Crippen molar-refractivity contribution >= 4 is 0 Å². The molecule has 5 nitrogen and oxygen atoms in total. The molecule has 0 aromatic carbocycles. The molecule has 1 aromatic rings. The predicted octanol–water partition coefficient (Wildman–Crippen LogP) is 0.514. The summed E-state index contributed by atoms with van der Waals surface area (Å²) >= 11 is 0. The quantitative estimate of drug-likeness (QED) is 0.697. The second-order valence-corrected chi connectivity index (χ2v) is 3.43. The molecule has 72 valence electrons. The van der Waals surface area contributed by atoms with Crippen LogP contribution in [0.3, 0.4) is 0 Å². The van der Waals surface area contributed by atoms with E-state index in [1.54, 1.807) is 0 Å². The SMILES string of the molecule is CC(N)c1noc(C2CCCN2)n1. The van der Waals surface area contributed by atoms with E-state index in [9.17, 15) is 0 Å². The highest BCUT2D eigenvalue weighted by Gasteiger charge is 2.22. The minimum atomic E-state index is -0.154. The first-order chi connectivity index (χ1) is 6.27. The van der Waals surface area contributed by atoms with Crippen LogP contribution in [0.2, 0.25) is 0 Å². The molecule has 0 bridgehead atoms. The smallest absolute Gasteiger partial charge is 0.243 e. The van der Waals surface area contributed by atoms with Gasteiger partial charge in [-0.25, -0.2) is 0 Å². The standard InChI is InChI=1S/C8H14N4O/c1-5(9)7-11-8(13-12-7)6-3-2-4-10-6/h5-6,10H,2-4,9H2,1H3. The van der Waals surface area contributed by atoms with Gasteiger partial charge in [-0.15, -0.1) is 0 Å². The van der Waals surface area contributed by atoms with Crippen LogP contribution in [0.1, 0.15) is 43.6 Å². The van der Waals surface area contributed by atoms with Crippen molar-refractivity contribution in [3.63, 3.8) is 0 Å². The fourth-order valence-electron chi connectivity index (χ4n) is 1.47. The minimum absolute atomic E-state index is 0.154. The number of rotatable bonds is 2. The largest absolute Gasteiger partial charge is 0.338 e. The molecule has 1 saturated heterocycles. The normalized spacial score (nSPS) is 24.9. The first-order valence-electron chi connectivity index (χ1n) is 4.60. The first-order valence-corrected chi connectivity index (χ1v) is 4.60. The zero-order chi connectivity index (χ0) is 9.26. The fraction of sp³-hybridized carbons (Fsp3) is 0.750. The summed E-state index contributed by atoms with van der Waals surface area (Å²) in [5.74, 6) is 1.26. The maximum Gasteiger partial charge on any atom is 0.243 e. The highest BCUT2D eigenvalue weighted by atomic mass is 16.5. The summed E-state index contributed by atoms with van der Waals surface area (Å²) in [5.41, 5.74) is 5.62. The number of hydrogen-bond acceptors (Lipinski definition) is 5. The monoisotopic (exact) mass is 182 g/mol. The third kappa shape index (κ3) is 1.71. The Balaban J connectivity index is 2.12. The van der Waals surface area contributed by atoms with Crippen molar-refractivity contribution < 1.29 is 4.52 Å². The Morgan fingerprint density at radius 1 is 1.69 bits per heavy atom. The van der Waals surface area contributed by atoms with Gasteiger partial charge in [-0.1, -0.05) is 5.16 Å². The summed E-state index contributed by atoms with van der Waals surface area (Å²) in [7, 11) is 0. The lowest BCUT2D eigenvalue weighted by molar-refractivity contribution is 0.340. The van der Waals surface area contributed by atoms with Gasteiger partial charge in [-0.2, -0.15) is 4.98 Å². The van der Waals surface area contributed by atoms with Crippen LogP contribution >= 0.6 is 0 Å². The molecule has 0 amide bonds. The lowest BCUT2D eigenvalue weighted by Gasteiger charge is -2.01. The third-order valence-electron chi connectivity index (χ3n) is 2.22.